The number of carbonyl (C=O) groups excluding carboxylic acids is 1. The van der Waals surface area contributed by atoms with Gasteiger partial charge in [0.2, 0.25) is 5.88 Å². The lowest BCUT2D eigenvalue weighted by atomic mass is 10.2. The van der Waals surface area contributed by atoms with Gasteiger partial charge in [-0.15, -0.1) is 0 Å². The zero-order chi connectivity index (χ0) is 21.8. The summed E-state index contributed by atoms with van der Waals surface area (Å²) in [5.41, 5.74) is 1.33. The first-order valence-electron chi connectivity index (χ1n) is 9.11. The molecular formula is C23H14ClF2N3O2. The van der Waals surface area contributed by atoms with E-state index in [0.717, 1.165) is 0 Å². The molecule has 0 atom stereocenters. The van der Waals surface area contributed by atoms with Gasteiger partial charge in [-0.1, -0.05) is 17.7 Å². The van der Waals surface area contributed by atoms with Gasteiger partial charge in [0.05, 0.1) is 5.02 Å². The maximum atomic E-state index is 13.3. The Kier molecular flexibility index (Phi) is 5.86. The molecule has 1 N–H and O–H groups in total. The first kappa shape index (κ1) is 20.4. The van der Waals surface area contributed by atoms with E-state index in [1.54, 1.807) is 42.5 Å². The number of benzene rings is 3. The molecule has 5 nitrogen and oxygen atoms in total. The van der Waals surface area contributed by atoms with Gasteiger partial charge in [0.25, 0.3) is 5.91 Å². The maximum Gasteiger partial charge on any atom is 0.255 e. The van der Waals surface area contributed by atoms with E-state index in [1.807, 2.05) is 0 Å². The Balaban J connectivity index is 1.51. The van der Waals surface area contributed by atoms with Crippen LogP contribution in [0.1, 0.15) is 10.4 Å². The lowest BCUT2D eigenvalue weighted by molar-refractivity contribution is 0.102. The molecule has 4 rings (SSSR count). The van der Waals surface area contributed by atoms with Gasteiger partial charge in [-0.25, -0.2) is 13.8 Å². The highest BCUT2D eigenvalue weighted by molar-refractivity contribution is 6.31. The van der Waals surface area contributed by atoms with Crippen LogP contribution in [0.25, 0.3) is 11.4 Å². The van der Waals surface area contributed by atoms with Crippen LogP contribution in [0, 0.1) is 11.6 Å². The highest BCUT2D eigenvalue weighted by atomic mass is 35.5. The largest absolute Gasteiger partial charge is 0.439 e. The van der Waals surface area contributed by atoms with Crippen LogP contribution in [0.2, 0.25) is 5.02 Å². The molecule has 1 heterocycles. The maximum absolute atomic E-state index is 13.3. The summed E-state index contributed by atoms with van der Waals surface area (Å²) in [6, 6.07) is 17.7. The van der Waals surface area contributed by atoms with Crippen molar-refractivity contribution in [1.29, 1.82) is 0 Å². The van der Waals surface area contributed by atoms with Gasteiger partial charge >= 0.3 is 0 Å². The van der Waals surface area contributed by atoms with Gasteiger partial charge in [-0.05, 0) is 60.7 Å². The number of rotatable bonds is 5. The Labute approximate surface area is 181 Å². The average Bonchev–Trinajstić information content (AvgIpc) is 2.77. The van der Waals surface area contributed by atoms with Crippen LogP contribution in [-0.4, -0.2) is 15.9 Å². The molecule has 154 valence electrons. The van der Waals surface area contributed by atoms with Crippen molar-refractivity contribution >= 4 is 23.2 Å². The molecule has 0 aliphatic heterocycles. The Morgan fingerprint density at radius 1 is 0.968 bits per heavy atom. The van der Waals surface area contributed by atoms with E-state index in [2.05, 4.69) is 15.3 Å². The number of carbonyl (C=O) groups is 1. The van der Waals surface area contributed by atoms with Crippen molar-refractivity contribution < 1.29 is 18.3 Å². The van der Waals surface area contributed by atoms with Crippen LogP contribution in [0.5, 0.6) is 11.6 Å². The number of halogens is 3. The fraction of sp³-hybridized carbons (Fsp3) is 0. The Hall–Kier alpha value is -3.84. The average molecular weight is 438 g/mol. The summed E-state index contributed by atoms with van der Waals surface area (Å²) in [5, 5.41) is 2.56. The number of nitrogens with one attached hydrogen (secondary N) is 1. The molecule has 0 aliphatic carbocycles. The van der Waals surface area contributed by atoms with Crippen LogP contribution in [0.4, 0.5) is 14.5 Å². The molecule has 0 radical (unpaired) electrons. The summed E-state index contributed by atoms with van der Waals surface area (Å²) < 4.78 is 32.2. The van der Waals surface area contributed by atoms with Crippen LogP contribution < -0.4 is 10.1 Å². The quantitative estimate of drug-likeness (QED) is 0.408. The minimum absolute atomic E-state index is 0.0874. The highest BCUT2D eigenvalue weighted by Crippen LogP contribution is 2.24. The molecular weight excluding hydrogens is 424 g/mol. The van der Waals surface area contributed by atoms with Crippen molar-refractivity contribution in [2.75, 3.05) is 5.32 Å². The lowest BCUT2D eigenvalue weighted by Gasteiger charge is -2.09. The van der Waals surface area contributed by atoms with Crippen molar-refractivity contribution in [3.63, 3.8) is 0 Å². The molecule has 0 saturated carbocycles. The van der Waals surface area contributed by atoms with E-state index in [9.17, 15) is 13.6 Å². The normalized spacial score (nSPS) is 10.5. The Morgan fingerprint density at radius 2 is 1.77 bits per heavy atom. The van der Waals surface area contributed by atoms with Gasteiger partial charge in [-0.2, -0.15) is 4.98 Å². The number of nitrogens with zero attached hydrogens (tertiary/aromatic N) is 2. The standard InChI is InChI=1S/C23H14ClF2N3O2/c24-19-13-17(8-9-20(19)26)28-23(30)15-2-1-3-18(12-15)31-21-10-11-27-22(29-21)14-4-6-16(25)7-5-14/h1-13H,(H,28,30). The summed E-state index contributed by atoms with van der Waals surface area (Å²) in [6.45, 7) is 0. The Bertz CT molecular complexity index is 1250. The number of amides is 1. The third kappa shape index (κ3) is 5.02. The number of aromatic nitrogens is 2. The molecule has 0 bridgehead atoms. The Morgan fingerprint density at radius 3 is 2.55 bits per heavy atom. The number of hydrogen-bond acceptors (Lipinski definition) is 4. The van der Waals surface area contributed by atoms with E-state index in [0.29, 0.717) is 28.4 Å². The van der Waals surface area contributed by atoms with E-state index >= 15 is 0 Å². The first-order valence-corrected chi connectivity index (χ1v) is 9.49. The van der Waals surface area contributed by atoms with Crippen molar-refractivity contribution in [2.24, 2.45) is 0 Å². The molecule has 0 fully saturated rings. The molecule has 1 amide bonds. The van der Waals surface area contributed by atoms with Crippen LogP contribution in [0.3, 0.4) is 0 Å². The topological polar surface area (TPSA) is 64.1 Å². The lowest BCUT2D eigenvalue weighted by Crippen LogP contribution is -2.12. The fourth-order valence-corrected chi connectivity index (χ4v) is 2.92. The number of ether oxygens (including phenoxy) is 1. The minimum Gasteiger partial charge on any atom is -0.439 e. The van der Waals surface area contributed by atoms with Gasteiger partial charge < -0.3 is 10.1 Å². The van der Waals surface area contributed by atoms with Crippen LogP contribution in [-0.2, 0) is 0 Å². The molecule has 31 heavy (non-hydrogen) atoms. The van der Waals surface area contributed by atoms with Gasteiger partial charge in [-0.3, -0.25) is 4.79 Å². The second-order valence-electron chi connectivity index (χ2n) is 6.44. The molecule has 0 unspecified atom stereocenters. The van der Waals surface area contributed by atoms with Crippen LogP contribution >= 0.6 is 11.6 Å². The predicted octanol–water partition coefficient (Wildman–Crippen LogP) is 6.12. The number of anilines is 1. The van der Waals surface area contributed by atoms with Crippen molar-refractivity contribution in [1.82, 2.24) is 9.97 Å². The van der Waals surface area contributed by atoms with Crippen molar-refractivity contribution in [3.05, 3.63) is 101 Å². The first-order chi connectivity index (χ1) is 15.0. The molecule has 0 spiro atoms. The molecule has 0 aliphatic rings. The van der Waals surface area contributed by atoms with Crippen LogP contribution in [0.15, 0.2) is 79.0 Å². The summed E-state index contributed by atoms with van der Waals surface area (Å²) >= 11 is 5.75. The van der Waals surface area contributed by atoms with Crippen molar-refractivity contribution in [3.8, 4) is 23.0 Å². The summed E-state index contributed by atoms with van der Waals surface area (Å²) in [7, 11) is 0. The molecule has 8 heteroatoms. The monoisotopic (exact) mass is 437 g/mol. The number of hydrogen-bond donors (Lipinski definition) is 1. The smallest absolute Gasteiger partial charge is 0.255 e. The highest BCUT2D eigenvalue weighted by Gasteiger charge is 2.10. The van der Waals surface area contributed by atoms with E-state index < -0.39 is 11.7 Å². The van der Waals surface area contributed by atoms with Gasteiger partial charge in [0.1, 0.15) is 17.4 Å². The van der Waals surface area contributed by atoms with Gasteiger partial charge in [0, 0.05) is 29.1 Å². The molecule has 0 saturated heterocycles. The minimum atomic E-state index is -0.570. The zero-order valence-corrected chi connectivity index (χ0v) is 16.6. The second kappa shape index (κ2) is 8.89. The third-order valence-electron chi connectivity index (χ3n) is 4.23. The fourth-order valence-electron chi connectivity index (χ4n) is 2.74. The van der Waals surface area contributed by atoms with E-state index in [4.69, 9.17) is 16.3 Å². The van der Waals surface area contributed by atoms with E-state index in [-0.39, 0.29) is 16.7 Å². The predicted molar refractivity (Wildman–Crippen MR) is 113 cm³/mol. The summed E-state index contributed by atoms with van der Waals surface area (Å²) in [5.74, 6) is -0.317. The van der Waals surface area contributed by atoms with E-state index in [1.165, 1.54) is 36.5 Å². The molecule has 4 aromatic rings. The van der Waals surface area contributed by atoms with Crippen molar-refractivity contribution in [2.45, 2.75) is 0 Å². The third-order valence-corrected chi connectivity index (χ3v) is 4.52. The molecule has 1 aromatic heterocycles. The van der Waals surface area contributed by atoms with Gasteiger partial charge in [0.15, 0.2) is 5.82 Å². The second-order valence-corrected chi connectivity index (χ2v) is 6.85. The zero-order valence-electron chi connectivity index (χ0n) is 15.9. The summed E-state index contributed by atoms with van der Waals surface area (Å²) in [4.78, 5) is 21.0. The summed E-state index contributed by atoms with van der Waals surface area (Å²) in [6.07, 6.45) is 1.52. The molecule has 3 aromatic carbocycles. The SMILES string of the molecule is O=C(Nc1ccc(F)c(Cl)c1)c1cccc(Oc2ccnc(-c3ccc(F)cc3)n2)c1.